The van der Waals surface area contributed by atoms with E-state index in [1.54, 1.807) is 24.3 Å². The molecule has 0 aromatic heterocycles. The molecule has 0 heterocycles. The van der Waals surface area contributed by atoms with Gasteiger partial charge < -0.3 is 16.4 Å². The first kappa shape index (κ1) is 19.4. The quantitative estimate of drug-likeness (QED) is 0.317. The molecule has 9 nitrogen and oxygen atoms in total. The molecular formula is C14H16N6O3. The molecule has 120 valence electrons. The molecule has 0 aliphatic carbocycles. The molecular weight excluding hydrogens is 300 g/mol. The molecule has 0 aliphatic rings. The second-order valence-corrected chi connectivity index (χ2v) is 3.82. The second-order valence-electron chi connectivity index (χ2n) is 3.82. The van der Waals surface area contributed by atoms with E-state index >= 15 is 0 Å². The van der Waals surface area contributed by atoms with Crippen molar-refractivity contribution in [1.82, 2.24) is 0 Å². The second kappa shape index (κ2) is 11.1. The largest absolute Gasteiger partial charge is 0.366 e. The number of hydrogen-bond acceptors (Lipinski definition) is 4. The van der Waals surface area contributed by atoms with Gasteiger partial charge in [-0.1, -0.05) is 24.3 Å². The maximum absolute atomic E-state index is 11.3. The van der Waals surface area contributed by atoms with Crippen LogP contribution < -0.4 is 16.4 Å². The predicted molar refractivity (Wildman–Crippen MR) is 87.3 cm³/mol. The molecule has 0 fully saturated rings. The Bertz CT molecular complexity index is 650. The van der Waals surface area contributed by atoms with E-state index in [-0.39, 0.29) is 12.5 Å². The number of primary amides is 1. The van der Waals surface area contributed by atoms with E-state index in [9.17, 15) is 14.4 Å². The molecule has 0 saturated heterocycles. The minimum Gasteiger partial charge on any atom is -0.366 e. The number of carbonyl (C=O) groups excluding carboxylic acids is 3. The monoisotopic (exact) mass is 316 g/mol. The van der Waals surface area contributed by atoms with Gasteiger partial charge in [-0.25, -0.2) is 0 Å². The number of azide groups is 1. The van der Waals surface area contributed by atoms with Crippen LogP contribution in [0.5, 0.6) is 0 Å². The van der Waals surface area contributed by atoms with E-state index in [1.165, 1.54) is 0 Å². The number of rotatable bonds is 6. The van der Waals surface area contributed by atoms with Gasteiger partial charge in [-0.2, -0.15) is 0 Å². The lowest BCUT2D eigenvalue weighted by molar-refractivity contribution is -0.115. The van der Waals surface area contributed by atoms with Crippen LogP contribution in [0, 0.1) is 0 Å². The minimum atomic E-state index is -0.481. The minimum absolute atomic E-state index is 0.278. The highest BCUT2D eigenvalue weighted by Gasteiger charge is 2.02. The van der Waals surface area contributed by atoms with Crippen LogP contribution in [0.1, 0.15) is 0 Å². The van der Waals surface area contributed by atoms with Crippen LogP contribution in [0.15, 0.2) is 54.7 Å². The van der Waals surface area contributed by atoms with Crippen molar-refractivity contribution < 1.29 is 14.4 Å². The van der Waals surface area contributed by atoms with E-state index in [4.69, 9.17) is 5.53 Å². The first-order valence-corrected chi connectivity index (χ1v) is 6.19. The number of amides is 3. The lowest BCUT2D eigenvalue weighted by atomic mass is 10.2. The van der Waals surface area contributed by atoms with E-state index in [1.807, 2.05) is 0 Å². The first-order chi connectivity index (χ1) is 10.9. The normalized spacial score (nSPS) is 8.35. The summed E-state index contributed by atoms with van der Waals surface area (Å²) in [5.41, 5.74) is 13.6. The van der Waals surface area contributed by atoms with Crippen molar-refractivity contribution in [3.05, 3.63) is 60.0 Å². The summed E-state index contributed by atoms with van der Waals surface area (Å²) in [5.74, 6) is -1.25. The number of carbonyl (C=O) groups is 3. The van der Waals surface area contributed by atoms with E-state index in [0.29, 0.717) is 11.4 Å². The Hall–Kier alpha value is -3.58. The van der Waals surface area contributed by atoms with Crippen molar-refractivity contribution in [2.45, 2.75) is 0 Å². The fraction of sp³-hybridized carbons (Fsp3) is 0.0714. The van der Waals surface area contributed by atoms with Gasteiger partial charge in [0.15, 0.2) is 0 Å². The van der Waals surface area contributed by atoms with E-state index < -0.39 is 11.8 Å². The number of nitrogens with zero attached hydrogens (tertiary/aromatic N) is 3. The fourth-order valence-electron chi connectivity index (χ4n) is 1.16. The van der Waals surface area contributed by atoms with Crippen molar-refractivity contribution in [3.63, 3.8) is 0 Å². The first-order valence-electron chi connectivity index (χ1n) is 6.19. The molecule has 1 aromatic rings. The summed E-state index contributed by atoms with van der Waals surface area (Å²) in [6.07, 6.45) is 2.20. The summed E-state index contributed by atoms with van der Waals surface area (Å²) >= 11 is 0. The number of benzene rings is 1. The number of hydrogen-bond donors (Lipinski definition) is 3. The van der Waals surface area contributed by atoms with Crippen LogP contribution in [0.2, 0.25) is 0 Å². The third-order valence-electron chi connectivity index (χ3n) is 2.08. The Morgan fingerprint density at radius 3 is 2.26 bits per heavy atom. The van der Waals surface area contributed by atoms with Crippen molar-refractivity contribution in [3.8, 4) is 0 Å². The van der Waals surface area contributed by atoms with Crippen LogP contribution in [0.4, 0.5) is 11.4 Å². The molecule has 0 spiro atoms. The SMILES string of the molecule is C=CC(=O)Nc1cccc(NC(=O)CN=[N+]=[N-])c1.C=CC(N)=O. The highest BCUT2D eigenvalue weighted by atomic mass is 16.2. The molecule has 0 atom stereocenters. The lowest BCUT2D eigenvalue weighted by Gasteiger charge is -2.06. The molecule has 0 saturated carbocycles. The highest BCUT2D eigenvalue weighted by molar-refractivity contribution is 5.99. The zero-order valence-electron chi connectivity index (χ0n) is 12.2. The predicted octanol–water partition coefficient (Wildman–Crippen LogP) is 1.72. The molecule has 4 N–H and O–H groups in total. The molecule has 1 rings (SSSR count). The average molecular weight is 316 g/mol. The van der Waals surface area contributed by atoms with Gasteiger partial charge >= 0.3 is 0 Å². The molecule has 0 aliphatic heterocycles. The molecule has 1 aromatic carbocycles. The third kappa shape index (κ3) is 9.88. The van der Waals surface area contributed by atoms with Gasteiger partial charge in [-0.05, 0) is 35.9 Å². The van der Waals surface area contributed by atoms with Crippen molar-refractivity contribution >= 4 is 29.1 Å². The fourth-order valence-corrected chi connectivity index (χ4v) is 1.16. The van der Waals surface area contributed by atoms with Crippen LogP contribution in [0.3, 0.4) is 0 Å². The number of nitrogens with one attached hydrogen (secondary N) is 2. The Morgan fingerprint density at radius 2 is 1.78 bits per heavy atom. The van der Waals surface area contributed by atoms with Crippen molar-refractivity contribution in [1.29, 1.82) is 0 Å². The average Bonchev–Trinajstić information content (AvgIpc) is 2.53. The molecule has 0 bridgehead atoms. The Labute approximate surface area is 132 Å². The zero-order valence-corrected chi connectivity index (χ0v) is 12.2. The van der Waals surface area contributed by atoms with E-state index in [0.717, 1.165) is 12.2 Å². The van der Waals surface area contributed by atoms with Gasteiger partial charge in [0.2, 0.25) is 17.7 Å². The third-order valence-corrected chi connectivity index (χ3v) is 2.08. The lowest BCUT2D eigenvalue weighted by Crippen LogP contribution is -2.14. The summed E-state index contributed by atoms with van der Waals surface area (Å²) in [6, 6.07) is 6.57. The van der Waals surface area contributed by atoms with Gasteiger partial charge in [-0.3, -0.25) is 14.4 Å². The van der Waals surface area contributed by atoms with Crippen LogP contribution >= 0.6 is 0 Å². The summed E-state index contributed by atoms with van der Waals surface area (Å²) < 4.78 is 0. The van der Waals surface area contributed by atoms with Crippen LogP contribution in [-0.4, -0.2) is 24.3 Å². The Kier molecular flexibility index (Phi) is 9.39. The maximum Gasteiger partial charge on any atom is 0.247 e. The van der Waals surface area contributed by atoms with Gasteiger partial charge in [-0.15, -0.1) is 0 Å². The molecule has 3 amide bonds. The molecule has 0 radical (unpaired) electrons. The maximum atomic E-state index is 11.3. The highest BCUT2D eigenvalue weighted by Crippen LogP contribution is 2.14. The van der Waals surface area contributed by atoms with E-state index in [2.05, 4.69) is 39.6 Å². The molecule has 0 unspecified atom stereocenters. The standard InChI is InChI=1S/C11H11N5O2.C3H5NO/c1-2-10(17)14-8-4-3-5-9(6-8)15-11(18)7-13-16-12;1-2-3(4)5/h2-6H,1,7H2,(H,14,17)(H,15,18);2H,1H2,(H2,4,5). The topological polar surface area (TPSA) is 150 Å². The van der Waals surface area contributed by atoms with Crippen molar-refractivity contribution in [2.24, 2.45) is 10.8 Å². The number of nitrogens with two attached hydrogens (primary N) is 1. The number of anilines is 2. The van der Waals surface area contributed by atoms with Gasteiger partial charge in [0.05, 0.1) is 0 Å². The van der Waals surface area contributed by atoms with Crippen LogP contribution in [-0.2, 0) is 14.4 Å². The van der Waals surface area contributed by atoms with Crippen molar-refractivity contribution in [2.75, 3.05) is 17.2 Å². The van der Waals surface area contributed by atoms with Gasteiger partial charge in [0, 0.05) is 16.3 Å². The van der Waals surface area contributed by atoms with Crippen LogP contribution in [0.25, 0.3) is 10.4 Å². The summed E-state index contributed by atoms with van der Waals surface area (Å²) in [7, 11) is 0. The zero-order chi connectivity index (χ0) is 17.7. The molecule has 9 heteroatoms. The smallest absolute Gasteiger partial charge is 0.247 e. The van der Waals surface area contributed by atoms with Gasteiger partial charge in [0.1, 0.15) is 6.54 Å². The summed E-state index contributed by atoms with van der Waals surface area (Å²) in [6.45, 7) is 6.14. The van der Waals surface area contributed by atoms with Gasteiger partial charge in [0.25, 0.3) is 0 Å². The Morgan fingerprint density at radius 1 is 1.22 bits per heavy atom. The molecule has 23 heavy (non-hydrogen) atoms. The Balaban J connectivity index is 0.000000841. The summed E-state index contributed by atoms with van der Waals surface area (Å²) in [5, 5.41) is 8.22. The summed E-state index contributed by atoms with van der Waals surface area (Å²) in [4.78, 5) is 34.3.